The van der Waals surface area contributed by atoms with Crippen molar-refractivity contribution in [2.45, 2.75) is 37.4 Å². The topological polar surface area (TPSA) is 58.2 Å². The molecule has 1 saturated carbocycles. The van der Waals surface area contributed by atoms with Crippen LogP contribution in [0.2, 0.25) is 0 Å². The average molecular weight is 326 g/mol. The van der Waals surface area contributed by atoms with Crippen LogP contribution >= 0.6 is 0 Å². The molecule has 0 saturated heterocycles. The van der Waals surface area contributed by atoms with Crippen LogP contribution < -0.4 is 10.6 Å². The van der Waals surface area contributed by atoms with Gasteiger partial charge in [0.2, 0.25) is 5.91 Å². The van der Waals surface area contributed by atoms with Crippen molar-refractivity contribution < 1.29 is 22.8 Å². The molecule has 2 atom stereocenters. The van der Waals surface area contributed by atoms with E-state index in [2.05, 4.69) is 10.6 Å². The second kappa shape index (κ2) is 5.86. The molecule has 2 unspecified atom stereocenters. The molecule has 7 heteroatoms. The molecule has 1 aromatic carbocycles. The summed E-state index contributed by atoms with van der Waals surface area (Å²) in [6.45, 7) is 0.0108. The second-order valence-corrected chi connectivity index (χ2v) is 6.07. The maximum Gasteiger partial charge on any atom is 0.408 e. The van der Waals surface area contributed by atoms with Gasteiger partial charge in [-0.1, -0.05) is 24.6 Å². The smallest absolute Gasteiger partial charge is 0.351 e. The zero-order chi connectivity index (χ0) is 16.6. The first kappa shape index (κ1) is 15.8. The first-order chi connectivity index (χ1) is 10.9. The molecular formula is C16H17F3N2O2. The van der Waals surface area contributed by atoms with E-state index in [1.165, 1.54) is 0 Å². The summed E-state index contributed by atoms with van der Waals surface area (Å²) < 4.78 is 39.6. The van der Waals surface area contributed by atoms with Crippen molar-refractivity contribution in [2.75, 3.05) is 6.54 Å². The number of rotatable bonds is 3. The van der Waals surface area contributed by atoms with Gasteiger partial charge < -0.3 is 10.6 Å². The summed E-state index contributed by atoms with van der Waals surface area (Å²) in [5.41, 5.74) is 0.814. The van der Waals surface area contributed by atoms with Crippen LogP contribution in [0.25, 0.3) is 0 Å². The van der Waals surface area contributed by atoms with Crippen LogP contribution in [-0.4, -0.2) is 30.6 Å². The van der Waals surface area contributed by atoms with Crippen LogP contribution in [0.4, 0.5) is 13.2 Å². The Morgan fingerprint density at radius 1 is 1.26 bits per heavy atom. The predicted molar refractivity (Wildman–Crippen MR) is 76.8 cm³/mol. The predicted octanol–water partition coefficient (Wildman–Crippen LogP) is 2.36. The second-order valence-electron chi connectivity index (χ2n) is 6.07. The first-order valence-electron chi connectivity index (χ1n) is 7.62. The first-order valence-corrected chi connectivity index (χ1v) is 7.62. The minimum absolute atomic E-state index is 0.0108. The molecule has 0 spiro atoms. The van der Waals surface area contributed by atoms with Crippen LogP contribution in [0.15, 0.2) is 24.3 Å². The molecular weight excluding hydrogens is 309 g/mol. The maximum absolute atomic E-state index is 13.2. The van der Waals surface area contributed by atoms with Crippen molar-refractivity contribution >= 4 is 11.8 Å². The highest BCUT2D eigenvalue weighted by molar-refractivity contribution is 6.00. The van der Waals surface area contributed by atoms with Crippen molar-refractivity contribution in [2.24, 2.45) is 5.92 Å². The lowest BCUT2D eigenvalue weighted by molar-refractivity contribution is -0.178. The van der Waals surface area contributed by atoms with Crippen molar-refractivity contribution in [3.8, 4) is 0 Å². The molecule has 0 bridgehead atoms. The molecule has 1 fully saturated rings. The van der Waals surface area contributed by atoms with Gasteiger partial charge in [-0.2, -0.15) is 13.2 Å². The Hall–Kier alpha value is -2.05. The highest BCUT2D eigenvalue weighted by Gasteiger charge is 2.48. The molecule has 4 nitrogen and oxygen atoms in total. The Bertz CT molecular complexity index is 626. The number of nitrogens with one attached hydrogen (secondary N) is 2. The van der Waals surface area contributed by atoms with Crippen LogP contribution in [0.1, 0.15) is 41.1 Å². The van der Waals surface area contributed by atoms with Crippen LogP contribution in [-0.2, 0) is 4.79 Å². The van der Waals surface area contributed by atoms with Gasteiger partial charge in [0.05, 0.1) is 5.92 Å². The number of carbonyl (C=O) groups is 2. The Balaban J connectivity index is 1.80. The van der Waals surface area contributed by atoms with Gasteiger partial charge in [0, 0.05) is 12.1 Å². The summed E-state index contributed by atoms with van der Waals surface area (Å²) in [6.07, 6.45) is -2.75. The number of halogens is 3. The summed E-state index contributed by atoms with van der Waals surface area (Å²) in [7, 11) is 0. The van der Waals surface area contributed by atoms with E-state index in [0.717, 1.165) is 6.42 Å². The van der Waals surface area contributed by atoms with Crippen molar-refractivity contribution in [1.29, 1.82) is 0 Å². The third-order valence-electron chi connectivity index (χ3n) is 4.64. The lowest BCUT2D eigenvalue weighted by Gasteiger charge is -2.36. The zero-order valence-electron chi connectivity index (χ0n) is 12.3. The van der Waals surface area contributed by atoms with Gasteiger partial charge in [-0.15, -0.1) is 0 Å². The molecule has 2 N–H and O–H groups in total. The van der Waals surface area contributed by atoms with Crippen LogP contribution in [0, 0.1) is 5.92 Å². The van der Waals surface area contributed by atoms with Gasteiger partial charge in [-0.25, -0.2) is 0 Å². The molecule has 3 rings (SSSR count). The third-order valence-corrected chi connectivity index (χ3v) is 4.64. The van der Waals surface area contributed by atoms with Gasteiger partial charge in [0.25, 0.3) is 5.91 Å². The fourth-order valence-corrected chi connectivity index (χ4v) is 3.14. The van der Waals surface area contributed by atoms with E-state index < -0.39 is 30.0 Å². The molecule has 2 aliphatic rings. The van der Waals surface area contributed by atoms with E-state index in [4.69, 9.17) is 0 Å². The van der Waals surface area contributed by atoms with E-state index in [0.29, 0.717) is 24.0 Å². The number of fused-ring (bicyclic) bond motifs is 1. The number of benzene rings is 1. The Morgan fingerprint density at radius 2 is 1.96 bits per heavy atom. The highest BCUT2D eigenvalue weighted by Crippen LogP contribution is 2.38. The Kier molecular flexibility index (Phi) is 4.04. The van der Waals surface area contributed by atoms with Gasteiger partial charge in [-0.05, 0) is 30.4 Å². The Morgan fingerprint density at radius 3 is 2.57 bits per heavy atom. The molecule has 1 aromatic rings. The molecule has 1 aliphatic carbocycles. The lowest BCUT2D eigenvalue weighted by Crippen LogP contribution is -2.54. The maximum atomic E-state index is 13.2. The van der Waals surface area contributed by atoms with Gasteiger partial charge in [0.1, 0.15) is 6.04 Å². The molecule has 1 heterocycles. The van der Waals surface area contributed by atoms with Gasteiger partial charge in [-0.3, -0.25) is 9.59 Å². The van der Waals surface area contributed by atoms with E-state index in [1.54, 1.807) is 24.3 Å². The number of hydrogen-bond acceptors (Lipinski definition) is 2. The lowest BCUT2D eigenvalue weighted by atomic mass is 9.79. The number of hydrogen-bond donors (Lipinski definition) is 2. The van der Waals surface area contributed by atoms with Crippen LogP contribution in [0.3, 0.4) is 0 Å². The molecule has 0 radical (unpaired) electrons. The molecule has 23 heavy (non-hydrogen) atoms. The van der Waals surface area contributed by atoms with Crippen molar-refractivity contribution in [1.82, 2.24) is 10.6 Å². The monoisotopic (exact) mass is 326 g/mol. The number of carbonyl (C=O) groups excluding carboxylic acids is 2. The zero-order valence-corrected chi connectivity index (χ0v) is 12.3. The molecule has 2 amide bonds. The standard InChI is InChI=1S/C16H17F3N2O2/c17-16(18,19)13(9-4-3-5-9)21-15(23)12-8-20-14(22)11-7-2-1-6-10(11)12/h1-2,6-7,9,12-13H,3-5,8H2,(H,20,22)(H,21,23). The number of amides is 2. The van der Waals surface area contributed by atoms with Crippen molar-refractivity contribution in [3.63, 3.8) is 0 Å². The summed E-state index contributed by atoms with van der Waals surface area (Å²) in [6, 6.07) is 4.70. The summed E-state index contributed by atoms with van der Waals surface area (Å²) in [4.78, 5) is 24.2. The minimum Gasteiger partial charge on any atom is -0.351 e. The van der Waals surface area contributed by atoms with Crippen LogP contribution in [0.5, 0.6) is 0 Å². The third kappa shape index (κ3) is 3.04. The fourth-order valence-electron chi connectivity index (χ4n) is 3.14. The van der Waals surface area contributed by atoms with E-state index in [1.807, 2.05) is 0 Å². The Labute approximate surface area is 131 Å². The fraction of sp³-hybridized carbons (Fsp3) is 0.500. The summed E-state index contributed by atoms with van der Waals surface area (Å²) >= 11 is 0. The van der Waals surface area contributed by atoms with E-state index in [-0.39, 0.29) is 12.5 Å². The highest BCUT2D eigenvalue weighted by atomic mass is 19.4. The average Bonchev–Trinajstić information content (AvgIpc) is 2.44. The summed E-state index contributed by atoms with van der Waals surface area (Å²) in [5, 5.41) is 4.73. The van der Waals surface area contributed by atoms with E-state index >= 15 is 0 Å². The summed E-state index contributed by atoms with van der Waals surface area (Å²) in [5.74, 6) is -2.34. The molecule has 124 valence electrons. The SMILES string of the molecule is O=C1NCC(C(=O)NC(C2CCC2)C(F)(F)F)c2ccccc21. The van der Waals surface area contributed by atoms with Crippen molar-refractivity contribution in [3.05, 3.63) is 35.4 Å². The number of alkyl halides is 3. The molecule has 1 aliphatic heterocycles. The quantitative estimate of drug-likeness (QED) is 0.896. The van der Waals surface area contributed by atoms with Gasteiger partial charge >= 0.3 is 6.18 Å². The van der Waals surface area contributed by atoms with E-state index in [9.17, 15) is 22.8 Å². The molecule has 0 aromatic heterocycles. The normalized spacial score (nSPS) is 22.6. The largest absolute Gasteiger partial charge is 0.408 e. The minimum atomic E-state index is -4.46. The van der Waals surface area contributed by atoms with Gasteiger partial charge in [0.15, 0.2) is 0 Å².